The van der Waals surface area contributed by atoms with Gasteiger partial charge in [-0.05, 0) is 30.2 Å². The second-order valence-electron chi connectivity index (χ2n) is 6.64. The van der Waals surface area contributed by atoms with E-state index in [1.165, 1.54) is 18.2 Å². The maximum atomic E-state index is 11.3. The molecule has 0 aliphatic rings. The average molecular weight is 385 g/mol. The van der Waals surface area contributed by atoms with Crippen molar-refractivity contribution in [1.29, 1.82) is 0 Å². The van der Waals surface area contributed by atoms with E-state index in [9.17, 15) is 20.2 Å². The fraction of sp³-hybridized carbons (Fsp3) is 0.0455. The van der Waals surface area contributed by atoms with Gasteiger partial charge >= 0.3 is 0 Å². The van der Waals surface area contributed by atoms with Crippen molar-refractivity contribution >= 4 is 22.3 Å². The molecule has 7 heteroatoms. The molecule has 0 aliphatic carbocycles. The van der Waals surface area contributed by atoms with Gasteiger partial charge in [-0.15, -0.1) is 0 Å². The number of rotatable bonds is 4. The maximum Gasteiger partial charge on any atom is 0.272 e. The highest BCUT2D eigenvalue weighted by Gasteiger charge is 2.16. The van der Waals surface area contributed by atoms with E-state index in [1.54, 1.807) is 25.1 Å². The summed E-state index contributed by atoms with van der Waals surface area (Å²) in [7, 11) is 0. The first-order valence-corrected chi connectivity index (χ1v) is 8.84. The zero-order valence-electron chi connectivity index (χ0n) is 15.4. The third-order valence-electron chi connectivity index (χ3n) is 4.79. The second kappa shape index (κ2) is 7.12. The van der Waals surface area contributed by atoms with Crippen LogP contribution >= 0.6 is 0 Å². The number of hydrogen-bond donors (Lipinski definition) is 0. The number of pyridine rings is 1. The van der Waals surface area contributed by atoms with Crippen LogP contribution < -0.4 is 0 Å². The molecule has 0 N–H and O–H groups in total. The van der Waals surface area contributed by atoms with Crippen LogP contribution in [0.1, 0.15) is 5.56 Å². The number of nitrogens with zero attached hydrogens (tertiary/aromatic N) is 3. The van der Waals surface area contributed by atoms with Gasteiger partial charge in [0.1, 0.15) is 0 Å². The molecule has 0 fully saturated rings. The molecule has 3 aromatic carbocycles. The highest BCUT2D eigenvalue weighted by atomic mass is 16.6. The Kier molecular flexibility index (Phi) is 4.48. The predicted octanol–water partition coefficient (Wildman–Crippen LogP) is 5.69. The van der Waals surface area contributed by atoms with Gasteiger partial charge in [-0.25, -0.2) is 4.98 Å². The average Bonchev–Trinajstić information content (AvgIpc) is 2.73. The van der Waals surface area contributed by atoms with Crippen molar-refractivity contribution in [2.45, 2.75) is 6.92 Å². The zero-order valence-corrected chi connectivity index (χ0v) is 15.4. The summed E-state index contributed by atoms with van der Waals surface area (Å²) in [5, 5.41) is 23.2. The number of aromatic nitrogens is 1. The second-order valence-corrected chi connectivity index (χ2v) is 6.64. The van der Waals surface area contributed by atoms with Gasteiger partial charge in [0, 0.05) is 34.7 Å². The molecule has 4 rings (SSSR count). The maximum absolute atomic E-state index is 11.3. The Bertz CT molecular complexity index is 1270. The van der Waals surface area contributed by atoms with E-state index in [4.69, 9.17) is 0 Å². The van der Waals surface area contributed by atoms with Crippen LogP contribution in [-0.2, 0) is 0 Å². The molecular formula is C22H15N3O4. The number of benzene rings is 3. The third-order valence-corrected chi connectivity index (χ3v) is 4.79. The Labute approximate surface area is 165 Å². The van der Waals surface area contributed by atoms with Crippen molar-refractivity contribution in [2.75, 3.05) is 0 Å². The summed E-state index contributed by atoms with van der Waals surface area (Å²) in [6, 6.07) is 20.8. The van der Waals surface area contributed by atoms with E-state index < -0.39 is 9.85 Å². The third kappa shape index (κ3) is 3.41. The lowest BCUT2D eigenvalue weighted by atomic mass is 9.97. The van der Waals surface area contributed by atoms with E-state index in [-0.39, 0.29) is 11.4 Å². The first-order chi connectivity index (χ1) is 13.9. The molecule has 0 aliphatic heterocycles. The number of nitro benzene ring substituents is 2. The summed E-state index contributed by atoms with van der Waals surface area (Å²) in [5.41, 5.74) is 3.98. The van der Waals surface area contributed by atoms with Gasteiger partial charge < -0.3 is 0 Å². The standard InChI is InChI=1S/C22H15N3O4/c1-14-7-8-16(11-22(14)25(28)29)21-13-18(15-5-3-2-4-6-15)19-12-17(24(26)27)9-10-20(19)23-21/h2-13H,1H3. The number of nitro groups is 2. The van der Waals surface area contributed by atoms with Crippen LogP contribution in [-0.4, -0.2) is 14.8 Å². The fourth-order valence-corrected chi connectivity index (χ4v) is 3.30. The van der Waals surface area contributed by atoms with Gasteiger partial charge in [-0.1, -0.05) is 42.5 Å². The van der Waals surface area contributed by atoms with Crippen molar-refractivity contribution in [1.82, 2.24) is 4.98 Å². The largest absolute Gasteiger partial charge is 0.272 e. The first kappa shape index (κ1) is 18.2. The summed E-state index contributed by atoms with van der Waals surface area (Å²) in [6.07, 6.45) is 0. The summed E-state index contributed by atoms with van der Waals surface area (Å²) >= 11 is 0. The molecule has 0 saturated heterocycles. The topological polar surface area (TPSA) is 99.2 Å². The molecule has 142 valence electrons. The van der Waals surface area contributed by atoms with Crippen LogP contribution in [0.25, 0.3) is 33.3 Å². The van der Waals surface area contributed by atoms with E-state index >= 15 is 0 Å². The number of fused-ring (bicyclic) bond motifs is 1. The lowest BCUT2D eigenvalue weighted by Crippen LogP contribution is -1.95. The normalized spacial score (nSPS) is 10.8. The van der Waals surface area contributed by atoms with Crippen LogP contribution in [0, 0.1) is 27.2 Å². The van der Waals surface area contributed by atoms with Gasteiger partial charge in [-0.3, -0.25) is 20.2 Å². The summed E-state index contributed by atoms with van der Waals surface area (Å²) in [6.45, 7) is 1.68. The Morgan fingerprint density at radius 3 is 2.24 bits per heavy atom. The Morgan fingerprint density at radius 1 is 0.793 bits per heavy atom. The molecule has 0 amide bonds. The lowest BCUT2D eigenvalue weighted by Gasteiger charge is -2.11. The van der Waals surface area contributed by atoms with Crippen molar-refractivity contribution in [3.63, 3.8) is 0 Å². The minimum Gasteiger partial charge on any atom is -0.258 e. The highest BCUT2D eigenvalue weighted by molar-refractivity contribution is 5.98. The van der Waals surface area contributed by atoms with Crippen molar-refractivity contribution < 1.29 is 9.85 Å². The SMILES string of the molecule is Cc1ccc(-c2cc(-c3ccccc3)c3cc([N+](=O)[O-])ccc3n2)cc1[N+](=O)[O-]. The molecule has 4 aromatic rings. The summed E-state index contributed by atoms with van der Waals surface area (Å²) in [5.74, 6) is 0. The predicted molar refractivity (Wildman–Crippen MR) is 111 cm³/mol. The molecule has 0 spiro atoms. The van der Waals surface area contributed by atoms with Crippen LogP contribution in [0.5, 0.6) is 0 Å². The van der Waals surface area contributed by atoms with Gasteiger partial charge in [0.2, 0.25) is 0 Å². The molecule has 7 nitrogen and oxygen atoms in total. The smallest absolute Gasteiger partial charge is 0.258 e. The first-order valence-electron chi connectivity index (χ1n) is 8.84. The number of hydrogen-bond acceptors (Lipinski definition) is 5. The fourth-order valence-electron chi connectivity index (χ4n) is 3.30. The minimum atomic E-state index is -0.439. The van der Waals surface area contributed by atoms with E-state index in [1.807, 2.05) is 36.4 Å². The molecule has 0 atom stereocenters. The molecule has 0 saturated carbocycles. The van der Waals surface area contributed by atoms with Gasteiger partial charge in [0.15, 0.2) is 0 Å². The van der Waals surface area contributed by atoms with Crippen molar-refractivity contribution in [3.8, 4) is 22.4 Å². The van der Waals surface area contributed by atoms with E-state index in [0.29, 0.717) is 27.7 Å². The summed E-state index contributed by atoms with van der Waals surface area (Å²) in [4.78, 5) is 26.3. The van der Waals surface area contributed by atoms with Gasteiger partial charge in [0.25, 0.3) is 11.4 Å². The van der Waals surface area contributed by atoms with Gasteiger partial charge in [-0.2, -0.15) is 0 Å². The monoisotopic (exact) mass is 385 g/mol. The number of aryl methyl sites for hydroxylation is 1. The molecular weight excluding hydrogens is 370 g/mol. The quantitative estimate of drug-likeness (QED) is 0.332. The molecule has 0 bridgehead atoms. The lowest BCUT2D eigenvalue weighted by molar-refractivity contribution is -0.385. The molecule has 29 heavy (non-hydrogen) atoms. The minimum absolute atomic E-state index is 0.0183. The number of non-ortho nitro benzene ring substituents is 1. The summed E-state index contributed by atoms with van der Waals surface area (Å²) < 4.78 is 0. The Hall–Kier alpha value is -4.13. The Morgan fingerprint density at radius 2 is 1.55 bits per heavy atom. The molecule has 0 radical (unpaired) electrons. The van der Waals surface area contributed by atoms with E-state index in [0.717, 1.165) is 11.1 Å². The Balaban J connectivity index is 2.00. The zero-order chi connectivity index (χ0) is 20.5. The van der Waals surface area contributed by atoms with Crippen LogP contribution in [0.2, 0.25) is 0 Å². The highest BCUT2D eigenvalue weighted by Crippen LogP contribution is 2.35. The van der Waals surface area contributed by atoms with Crippen LogP contribution in [0.3, 0.4) is 0 Å². The van der Waals surface area contributed by atoms with Crippen molar-refractivity contribution in [2.24, 2.45) is 0 Å². The van der Waals surface area contributed by atoms with Crippen LogP contribution in [0.4, 0.5) is 11.4 Å². The molecule has 1 heterocycles. The van der Waals surface area contributed by atoms with Crippen LogP contribution in [0.15, 0.2) is 72.8 Å². The van der Waals surface area contributed by atoms with Crippen molar-refractivity contribution in [3.05, 3.63) is 98.6 Å². The molecule has 1 aromatic heterocycles. The molecule has 0 unspecified atom stereocenters. The van der Waals surface area contributed by atoms with Gasteiger partial charge in [0.05, 0.1) is 21.1 Å². The van der Waals surface area contributed by atoms with E-state index in [2.05, 4.69) is 4.98 Å².